The Labute approximate surface area is 149 Å². The molecule has 1 fully saturated rings. The van der Waals surface area contributed by atoms with Gasteiger partial charge in [-0.1, -0.05) is 30.3 Å². The zero-order valence-electron chi connectivity index (χ0n) is 14.9. The molecule has 0 heterocycles. The van der Waals surface area contributed by atoms with Gasteiger partial charge in [-0.25, -0.2) is 0 Å². The van der Waals surface area contributed by atoms with Crippen molar-refractivity contribution in [3.63, 3.8) is 0 Å². The summed E-state index contributed by atoms with van der Waals surface area (Å²) in [6, 6.07) is 18.4. The maximum Gasteiger partial charge on any atom is 0.251 e. The van der Waals surface area contributed by atoms with E-state index in [-0.39, 0.29) is 5.91 Å². The summed E-state index contributed by atoms with van der Waals surface area (Å²) < 4.78 is 5.75. The summed E-state index contributed by atoms with van der Waals surface area (Å²) in [6.07, 6.45) is 2.55. The molecule has 1 aliphatic rings. The predicted octanol–water partition coefficient (Wildman–Crippen LogP) is 3.48. The predicted molar refractivity (Wildman–Crippen MR) is 99.8 cm³/mol. The SMILES string of the molecule is CC(CNC(=O)c1ccc(OCc2ccccc2)cc1)N(C)C1CC1. The second-order valence-electron chi connectivity index (χ2n) is 6.75. The van der Waals surface area contributed by atoms with Gasteiger partial charge in [0.05, 0.1) is 0 Å². The van der Waals surface area contributed by atoms with Gasteiger partial charge >= 0.3 is 0 Å². The van der Waals surface area contributed by atoms with Crippen LogP contribution in [0.2, 0.25) is 0 Å². The number of hydrogen-bond acceptors (Lipinski definition) is 3. The highest BCUT2D eigenvalue weighted by molar-refractivity contribution is 5.94. The maximum atomic E-state index is 12.3. The molecular formula is C21H26N2O2. The summed E-state index contributed by atoms with van der Waals surface area (Å²) in [6.45, 7) is 3.34. The van der Waals surface area contributed by atoms with Gasteiger partial charge in [-0.05, 0) is 56.6 Å². The Morgan fingerprint density at radius 3 is 2.48 bits per heavy atom. The molecule has 0 radical (unpaired) electrons. The third kappa shape index (κ3) is 5.07. The number of ether oxygens (including phenoxy) is 1. The van der Waals surface area contributed by atoms with E-state index in [2.05, 4.69) is 24.2 Å². The van der Waals surface area contributed by atoms with E-state index in [1.807, 2.05) is 54.6 Å². The number of benzene rings is 2. The standard InChI is InChI=1S/C21H26N2O2/c1-16(23(2)19-10-11-19)14-22-21(24)18-8-12-20(13-9-18)25-15-17-6-4-3-5-7-17/h3-9,12-13,16,19H,10-11,14-15H2,1-2H3,(H,22,24). The number of carbonyl (C=O) groups is 1. The number of nitrogens with one attached hydrogen (secondary N) is 1. The Morgan fingerprint density at radius 1 is 1.16 bits per heavy atom. The largest absolute Gasteiger partial charge is 0.489 e. The Hall–Kier alpha value is -2.33. The van der Waals surface area contributed by atoms with Crippen molar-refractivity contribution in [3.05, 3.63) is 65.7 Å². The zero-order valence-corrected chi connectivity index (χ0v) is 14.9. The lowest BCUT2D eigenvalue weighted by molar-refractivity contribution is 0.0939. The van der Waals surface area contributed by atoms with Gasteiger partial charge < -0.3 is 10.1 Å². The molecule has 4 heteroatoms. The van der Waals surface area contributed by atoms with Crippen LogP contribution in [0, 0.1) is 0 Å². The van der Waals surface area contributed by atoms with E-state index >= 15 is 0 Å². The molecule has 0 saturated heterocycles. The summed E-state index contributed by atoms with van der Waals surface area (Å²) >= 11 is 0. The molecule has 2 aromatic carbocycles. The minimum atomic E-state index is -0.0364. The molecule has 0 aliphatic heterocycles. The molecule has 25 heavy (non-hydrogen) atoms. The van der Waals surface area contributed by atoms with Crippen LogP contribution >= 0.6 is 0 Å². The average molecular weight is 338 g/mol. The molecule has 1 unspecified atom stereocenters. The first kappa shape index (κ1) is 17.5. The third-order valence-corrected chi connectivity index (χ3v) is 4.74. The van der Waals surface area contributed by atoms with Crippen LogP contribution in [-0.4, -0.2) is 36.5 Å². The normalized spacial score (nSPS) is 15.0. The van der Waals surface area contributed by atoms with Gasteiger partial charge in [0.2, 0.25) is 0 Å². The van der Waals surface area contributed by atoms with Crippen molar-refractivity contribution in [1.82, 2.24) is 10.2 Å². The zero-order chi connectivity index (χ0) is 17.6. The van der Waals surface area contributed by atoms with Gasteiger partial charge in [-0.3, -0.25) is 9.69 Å². The molecule has 1 atom stereocenters. The molecule has 0 aromatic heterocycles. The van der Waals surface area contributed by atoms with Gasteiger partial charge in [0.25, 0.3) is 5.91 Å². The van der Waals surface area contributed by atoms with Crippen LogP contribution in [0.15, 0.2) is 54.6 Å². The summed E-state index contributed by atoms with van der Waals surface area (Å²) in [5.74, 6) is 0.730. The highest BCUT2D eigenvalue weighted by Crippen LogP contribution is 2.26. The summed E-state index contributed by atoms with van der Waals surface area (Å²) in [5, 5.41) is 3.02. The fourth-order valence-electron chi connectivity index (χ4n) is 2.77. The quantitative estimate of drug-likeness (QED) is 0.801. The fourth-order valence-corrected chi connectivity index (χ4v) is 2.77. The van der Waals surface area contributed by atoms with E-state index in [0.717, 1.165) is 11.3 Å². The molecule has 4 nitrogen and oxygen atoms in total. The van der Waals surface area contributed by atoms with Crippen LogP contribution < -0.4 is 10.1 Å². The van der Waals surface area contributed by atoms with Crippen LogP contribution in [0.25, 0.3) is 0 Å². The molecule has 0 bridgehead atoms. The van der Waals surface area contributed by atoms with Crippen molar-refractivity contribution in [1.29, 1.82) is 0 Å². The Kier molecular flexibility index (Phi) is 5.71. The highest BCUT2D eigenvalue weighted by atomic mass is 16.5. The third-order valence-electron chi connectivity index (χ3n) is 4.74. The second-order valence-corrected chi connectivity index (χ2v) is 6.75. The van der Waals surface area contributed by atoms with Gasteiger partial charge in [-0.15, -0.1) is 0 Å². The lowest BCUT2D eigenvalue weighted by Gasteiger charge is -2.24. The smallest absolute Gasteiger partial charge is 0.251 e. The van der Waals surface area contributed by atoms with Crippen molar-refractivity contribution >= 4 is 5.91 Å². The molecule has 1 N–H and O–H groups in total. The van der Waals surface area contributed by atoms with E-state index in [4.69, 9.17) is 4.74 Å². The Balaban J connectivity index is 1.46. The number of carbonyl (C=O) groups excluding carboxylic acids is 1. The Morgan fingerprint density at radius 2 is 1.84 bits per heavy atom. The number of amides is 1. The topological polar surface area (TPSA) is 41.6 Å². The highest BCUT2D eigenvalue weighted by Gasteiger charge is 2.29. The number of hydrogen-bond donors (Lipinski definition) is 1. The summed E-state index contributed by atoms with van der Waals surface area (Å²) in [4.78, 5) is 14.6. The minimum Gasteiger partial charge on any atom is -0.489 e. The van der Waals surface area contributed by atoms with Crippen LogP contribution in [0.4, 0.5) is 0 Å². The monoisotopic (exact) mass is 338 g/mol. The maximum absolute atomic E-state index is 12.3. The summed E-state index contributed by atoms with van der Waals surface area (Å²) in [5.41, 5.74) is 1.78. The van der Waals surface area contributed by atoms with Crippen molar-refractivity contribution < 1.29 is 9.53 Å². The van der Waals surface area contributed by atoms with E-state index in [9.17, 15) is 4.79 Å². The first-order chi connectivity index (χ1) is 12.1. The molecule has 1 amide bonds. The van der Waals surface area contributed by atoms with Crippen LogP contribution in [0.5, 0.6) is 5.75 Å². The lowest BCUT2D eigenvalue weighted by Crippen LogP contribution is -2.41. The van der Waals surface area contributed by atoms with Crippen molar-refractivity contribution in [2.24, 2.45) is 0 Å². The molecule has 2 aromatic rings. The van der Waals surface area contributed by atoms with Crippen LogP contribution in [0.3, 0.4) is 0 Å². The number of likely N-dealkylation sites (N-methyl/N-ethyl adjacent to an activating group) is 1. The van der Waals surface area contributed by atoms with E-state index in [0.29, 0.717) is 30.8 Å². The minimum absolute atomic E-state index is 0.0364. The number of nitrogens with zero attached hydrogens (tertiary/aromatic N) is 1. The first-order valence-corrected chi connectivity index (χ1v) is 8.90. The molecule has 132 valence electrons. The molecule has 1 saturated carbocycles. The first-order valence-electron chi connectivity index (χ1n) is 8.90. The van der Waals surface area contributed by atoms with E-state index in [1.54, 1.807) is 0 Å². The fraction of sp³-hybridized carbons (Fsp3) is 0.381. The Bertz CT molecular complexity index is 681. The lowest BCUT2D eigenvalue weighted by atomic mass is 10.2. The van der Waals surface area contributed by atoms with Crippen molar-refractivity contribution in [2.45, 2.75) is 38.5 Å². The van der Waals surface area contributed by atoms with Crippen LogP contribution in [0.1, 0.15) is 35.7 Å². The summed E-state index contributed by atoms with van der Waals surface area (Å²) in [7, 11) is 2.13. The molecular weight excluding hydrogens is 312 g/mol. The van der Waals surface area contributed by atoms with Gasteiger partial charge in [-0.2, -0.15) is 0 Å². The van der Waals surface area contributed by atoms with Gasteiger partial charge in [0.15, 0.2) is 0 Å². The van der Waals surface area contributed by atoms with Gasteiger partial charge in [0, 0.05) is 24.2 Å². The molecule has 3 rings (SSSR count). The van der Waals surface area contributed by atoms with E-state index < -0.39 is 0 Å². The van der Waals surface area contributed by atoms with E-state index in [1.165, 1.54) is 12.8 Å². The molecule has 1 aliphatic carbocycles. The van der Waals surface area contributed by atoms with Crippen molar-refractivity contribution in [3.8, 4) is 5.75 Å². The number of rotatable bonds is 8. The average Bonchev–Trinajstić information content (AvgIpc) is 3.50. The van der Waals surface area contributed by atoms with Crippen molar-refractivity contribution in [2.75, 3.05) is 13.6 Å². The van der Waals surface area contributed by atoms with Gasteiger partial charge in [0.1, 0.15) is 12.4 Å². The second kappa shape index (κ2) is 8.17. The molecule has 0 spiro atoms. The van der Waals surface area contributed by atoms with Crippen LogP contribution in [-0.2, 0) is 6.61 Å².